The highest BCUT2D eigenvalue weighted by Gasteiger charge is 2.36. The largest absolute Gasteiger partial charge is 0.388 e. The highest BCUT2D eigenvalue weighted by atomic mass is 32.1. The first kappa shape index (κ1) is 17.9. The summed E-state index contributed by atoms with van der Waals surface area (Å²) in [5.74, 6) is -0.391. The number of aliphatic hydroxyl groups is 1. The second kappa shape index (κ2) is 7.45. The molecule has 23 heavy (non-hydrogen) atoms. The van der Waals surface area contributed by atoms with E-state index in [1.54, 1.807) is 18.0 Å². The van der Waals surface area contributed by atoms with Crippen LogP contribution in [0.2, 0.25) is 0 Å². The maximum atomic E-state index is 12.7. The number of nitrogens with zero attached hydrogens (tertiary/aromatic N) is 1. The Morgan fingerprint density at radius 1 is 1.39 bits per heavy atom. The average Bonchev–Trinajstić information content (AvgIpc) is 3.15. The summed E-state index contributed by atoms with van der Waals surface area (Å²) in [7, 11) is 1.70. The van der Waals surface area contributed by atoms with Crippen molar-refractivity contribution < 1.29 is 14.7 Å². The van der Waals surface area contributed by atoms with Gasteiger partial charge in [0.25, 0.3) is 5.91 Å². The van der Waals surface area contributed by atoms with Gasteiger partial charge in [-0.3, -0.25) is 9.59 Å². The van der Waals surface area contributed by atoms with Crippen molar-refractivity contribution in [2.24, 2.45) is 5.92 Å². The third-order valence-electron chi connectivity index (χ3n) is 4.41. The molecule has 0 aliphatic heterocycles. The van der Waals surface area contributed by atoms with E-state index in [1.807, 2.05) is 25.3 Å². The minimum absolute atomic E-state index is 0.0212. The minimum atomic E-state index is -0.774. The molecule has 5 nitrogen and oxygen atoms in total. The van der Waals surface area contributed by atoms with Crippen LogP contribution >= 0.6 is 11.3 Å². The number of carbonyl (C=O) groups is 2. The van der Waals surface area contributed by atoms with E-state index in [0.717, 1.165) is 25.7 Å². The SMILES string of the molecule is CC(C)C(NC(=O)c1cccs1)C(=O)N(C)CC1(O)CCCC1. The fraction of sp³-hybridized carbons (Fsp3) is 0.647. The first-order chi connectivity index (χ1) is 10.8. The summed E-state index contributed by atoms with van der Waals surface area (Å²) >= 11 is 1.35. The lowest BCUT2D eigenvalue weighted by molar-refractivity contribution is -0.136. The molecule has 6 heteroatoms. The van der Waals surface area contributed by atoms with Crippen LogP contribution in [0.3, 0.4) is 0 Å². The van der Waals surface area contributed by atoms with Crippen LogP contribution in [-0.2, 0) is 4.79 Å². The van der Waals surface area contributed by atoms with Gasteiger partial charge in [-0.15, -0.1) is 11.3 Å². The lowest BCUT2D eigenvalue weighted by Gasteiger charge is -2.32. The van der Waals surface area contributed by atoms with E-state index in [0.29, 0.717) is 11.4 Å². The van der Waals surface area contributed by atoms with Gasteiger partial charge in [-0.25, -0.2) is 0 Å². The van der Waals surface area contributed by atoms with Gasteiger partial charge in [0, 0.05) is 13.6 Å². The third-order valence-corrected chi connectivity index (χ3v) is 5.27. The Morgan fingerprint density at radius 2 is 2.04 bits per heavy atom. The fourth-order valence-corrected chi connectivity index (χ4v) is 3.71. The molecule has 1 aliphatic rings. The van der Waals surface area contributed by atoms with Crippen LogP contribution < -0.4 is 5.32 Å². The van der Waals surface area contributed by atoms with Crippen molar-refractivity contribution in [1.29, 1.82) is 0 Å². The van der Waals surface area contributed by atoms with Crippen molar-refractivity contribution in [3.63, 3.8) is 0 Å². The number of likely N-dealkylation sites (N-methyl/N-ethyl adjacent to an activating group) is 1. The Bertz CT molecular complexity index is 536. The van der Waals surface area contributed by atoms with Gasteiger partial charge in [-0.05, 0) is 30.2 Å². The Labute approximate surface area is 141 Å². The quantitative estimate of drug-likeness (QED) is 0.836. The van der Waals surface area contributed by atoms with Crippen molar-refractivity contribution >= 4 is 23.2 Å². The van der Waals surface area contributed by atoms with Crippen molar-refractivity contribution in [1.82, 2.24) is 10.2 Å². The molecule has 0 spiro atoms. The lowest BCUT2D eigenvalue weighted by atomic mass is 9.99. The number of hydrogen-bond acceptors (Lipinski definition) is 4. The number of rotatable bonds is 6. The van der Waals surface area contributed by atoms with Gasteiger partial charge < -0.3 is 15.3 Å². The number of nitrogens with one attached hydrogen (secondary N) is 1. The second-order valence-corrected chi connectivity index (χ2v) is 7.75. The summed E-state index contributed by atoms with van der Waals surface area (Å²) in [5, 5.41) is 15.2. The normalized spacial score (nSPS) is 18.0. The minimum Gasteiger partial charge on any atom is -0.388 e. The second-order valence-electron chi connectivity index (χ2n) is 6.80. The van der Waals surface area contributed by atoms with Crippen LogP contribution in [0, 0.1) is 5.92 Å². The molecule has 2 rings (SSSR count). The molecule has 0 saturated heterocycles. The van der Waals surface area contributed by atoms with E-state index in [2.05, 4.69) is 5.32 Å². The molecule has 1 heterocycles. The molecule has 0 aromatic carbocycles. The number of thiophene rings is 1. The van der Waals surface area contributed by atoms with Crippen LogP contribution in [0.15, 0.2) is 17.5 Å². The molecule has 2 amide bonds. The van der Waals surface area contributed by atoms with Crippen LogP contribution in [0.1, 0.15) is 49.2 Å². The standard InChI is InChI=1S/C17H26N2O3S/c1-12(2)14(18-15(20)13-7-6-10-23-13)16(21)19(3)11-17(22)8-4-5-9-17/h6-7,10,12,14,22H,4-5,8-9,11H2,1-3H3,(H,18,20). The molecule has 1 aromatic rings. The van der Waals surface area contributed by atoms with E-state index in [9.17, 15) is 14.7 Å². The van der Waals surface area contributed by atoms with Gasteiger partial charge in [0.2, 0.25) is 5.91 Å². The summed E-state index contributed by atoms with van der Waals surface area (Å²) in [6.07, 6.45) is 3.47. The maximum absolute atomic E-state index is 12.7. The Kier molecular flexibility index (Phi) is 5.81. The number of hydrogen-bond donors (Lipinski definition) is 2. The molecule has 1 unspecified atom stereocenters. The Balaban J connectivity index is 2.01. The zero-order valence-corrected chi connectivity index (χ0v) is 14.9. The van der Waals surface area contributed by atoms with Crippen LogP contribution in [-0.4, -0.2) is 47.1 Å². The Morgan fingerprint density at radius 3 is 2.57 bits per heavy atom. The van der Waals surface area contributed by atoms with Crippen molar-refractivity contribution in [3.05, 3.63) is 22.4 Å². The van der Waals surface area contributed by atoms with Gasteiger partial charge in [-0.1, -0.05) is 32.8 Å². The van der Waals surface area contributed by atoms with Crippen LogP contribution in [0.5, 0.6) is 0 Å². The predicted molar refractivity (Wildman–Crippen MR) is 91.5 cm³/mol. The molecule has 2 N–H and O–H groups in total. The summed E-state index contributed by atoms with van der Waals surface area (Å²) < 4.78 is 0. The van der Waals surface area contributed by atoms with Crippen molar-refractivity contribution in [2.75, 3.05) is 13.6 Å². The highest BCUT2D eigenvalue weighted by Crippen LogP contribution is 2.30. The Hall–Kier alpha value is -1.40. The van der Waals surface area contributed by atoms with Crippen LogP contribution in [0.25, 0.3) is 0 Å². The number of carbonyl (C=O) groups excluding carboxylic acids is 2. The molecule has 1 aromatic heterocycles. The van der Waals surface area contributed by atoms with Crippen LogP contribution in [0.4, 0.5) is 0 Å². The number of amides is 2. The monoisotopic (exact) mass is 338 g/mol. The third kappa shape index (κ3) is 4.54. The van der Waals surface area contributed by atoms with Gasteiger partial charge >= 0.3 is 0 Å². The molecule has 1 saturated carbocycles. The lowest BCUT2D eigenvalue weighted by Crippen LogP contribution is -2.53. The average molecular weight is 338 g/mol. The van der Waals surface area contributed by atoms with Crippen molar-refractivity contribution in [2.45, 2.75) is 51.2 Å². The summed E-state index contributed by atoms with van der Waals surface area (Å²) in [5.41, 5.74) is -0.774. The first-order valence-electron chi connectivity index (χ1n) is 8.14. The van der Waals surface area contributed by atoms with Gasteiger partial charge in [-0.2, -0.15) is 0 Å². The molecule has 1 fully saturated rings. The molecule has 128 valence electrons. The van der Waals surface area contributed by atoms with Gasteiger partial charge in [0.05, 0.1) is 10.5 Å². The summed E-state index contributed by atoms with van der Waals surface area (Å²) in [4.78, 5) is 27.1. The molecule has 1 atom stereocenters. The van der Waals surface area contributed by atoms with Gasteiger partial charge in [0.15, 0.2) is 0 Å². The fourth-order valence-electron chi connectivity index (χ4n) is 3.08. The maximum Gasteiger partial charge on any atom is 0.262 e. The van der Waals surface area contributed by atoms with E-state index in [-0.39, 0.29) is 17.7 Å². The zero-order chi connectivity index (χ0) is 17.0. The predicted octanol–water partition coefficient (Wildman–Crippen LogP) is 2.27. The molecule has 0 bridgehead atoms. The van der Waals surface area contributed by atoms with E-state index < -0.39 is 11.6 Å². The summed E-state index contributed by atoms with van der Waals surface area (Å²) in [6, 6.07) is 2.97. The molecule has 0 radical (unpaired) electrons. The summed E-state index contributed by atoms with van der Waals surface area (Å²) in [6.45, 7) is 4.15. The first-order valence-corrected chi connectivity index (χ1v) is 9.02. The molecular weight excluding hydrogens is 312 g/mol. The van der Waals surface area contributed by atoms with E-state index >= 15 is 0 Å². The van der Waals surface area contributed by atoms with Crippen molar-refractivity contribution in [3.8, 4) is 0 Å². The van der Waals surface area contributed by atoms with E-state index in [1.165, 1.54) is 11.3 Å². The smallest absolute Gasteiger partial charge is 0.262 e. The topological polar surface area (TPSA) is 69.6 Å². The molecule has 1 aliphatic carbocycles. The zero-order valence-electron chi connectivity index (χ0n) is 14.0. The van der Waals surface area contributed by atoms with Gasteiger partial charge in [0.1, 0.15) is 6.04 Å². The highest BCUT2D eigenvalue weighted by molar-refractivity contribution is 7.12. The molecular formula is C17H26N2O3S. The van der Waals surface area contributed by atoms with E-state index in [4.69, 9.17) is 0 Å².